The predicted molar refractivity (Wildman–Crippen MR) is 109 cm³/mol. The molecule has 4 nitrogen and oxygen atoms in total. The molecule has 132 valence electrons. The maximum absolute atomic E-state index is 12.6. The van der Waals surface area contributed by atoms with Crippen molar-refractivity contribution in [2.24, 2.45) is 0 Å². The Morgan fingerprint density at radius 3 is 2.30 bits per heavy atom. The summed E-state index contributed by atoms with van der Waals surface area (Å²) >= 11 is 0. The minimum absolute atomic E-state index is 0.0598. The molecule has 0 N–H and O–H groups in total. The summed E-state index contributed by atoms with van der Waals surface area (Å²) in [5, 5.41) is 5.52. The lowest BCUT2D eigenvalue weighted by molar-refractivity contribution is 0.415. The molecular weight excluding hydrogens is 336 g/mol. The van der Waals surface area contributed by atoms with E-state index in [1.54, 1.807) is 23.9 Å². The van der Waals surface area contributed by atoms with Gasteiger partial charge in [-0.1, -0.05) is 54.6 Å². The van der Waals surface area contributed by atoms with E-state index < -0.39 is 0 Å². The van der Waals surface area contributed by atoms with Gasteiger partial charge in [-0.3, -0.25) is 4.79 Å². The van der Waals surface area contributed by atoms with Gasteiger partial charge in [0.2, 0.25) is 5.43 Å². The first kappa shape index (κ1) is 16.8. The van der Waals surface area contributed by atoms with Gasteiger partial charge in [0.1, 0.15) is 11.3 Å². The molecule has 1 heterocycles. The van der Waals surface area contributed by atoms with Crippen molar-refractivity contribution in [2.75, 3.05) is 7.11 Å². The average molecular weight is 354 g/mol. The van der Waals surface area contributed by atoms with Crippen LogP contribution in [0.2, 0.25) is 0 Å². The summed E-state index contributed by atoms with van der Waals surface area (Å²) in [6.45, 7) is 0. The van der Waals surface area contributed by atoms with Crippen molar-refractivity contribution in [2.45, 2.75) is 0 Å². The molecule has 0 radical (unpaired) electrons. The van der Waals surface area contributed by atoms with Gasteiger partial charge in [-0.2, -0.15) is 5.10 Å². The number of para-hydroxylation sites is 1. The summed E-state index contributed by atoms with van der Waals surface area (Å²) in [5.74, 6) is 0.814. The van der Waals surface area contributed by atoms with Gasteiger partial charge < -0.3 is 4.74 Å². The van der Waals surface area contributed by atoms with Crippen LogP contribution in [0.4, 0.5) is 0 Å². The maximum Gasteiger partial charge on any atom is 0.204 e. The zero-order valence-corrected chi connectivity index (χ0v) is 14.9. The van der Waals surface area contributed by atoms with Crippen LogP contribution in [0.3, 0.4) is 0 Å². The fourth-order valence-corrected chi connectivity index (χ4v) is 2.99. The standard InChI is InChI=1S/C23H18N2O2/c1-27-19-14-11-17(12-15-19)13-16-21-20-9-5-6-10-22(26)23(20)25(24-21)18-7-3-2-4-8-18/h2-16H,1H3/b16-13+. The van der Waals surface area contributed by atoms with Crippen molar-refractivity contribution < 1.29 is 4.74 Å². The monoisotopic (exact) mass is 354 g/mol. The highest BCUT2D eigenvalue weighted by molar-refractivity contribution is 5.90. The van der Waals surface area contributed by atoms with Crippen LogP contribution in [0.5, 0.6) is 5.75 Å². The SMILES string of the molecule is COc1ccc(/C=C/c2nn(-c3ccccc3)c3c(=O)ccccc23)cc1. The fraction of sp³-hybridized carbons (Fsp3) is 0.0435. The minimum atomic E-state index is -0.0598. The highest BCUT2D eigenvalue weighted by atomic mass is 16.5. The van der Waals surface area contributed by atoms with Crippen LogP contribution >= 0.6 is 0 Å². The summed E-state index contributed by atoms with van der Waals surface area (Å²) in [5.41, 5.74) is 3.14. The lowest BCUT2D eigenvalue weighted by atomic mass is 10.1. The molecule has 0 aliphatic carbocycles. The highest BCUT2D eigenvalue weighted by Crippen LogP contribution is 2.21. The number of benzene rings is 2. The molecule has 4 rings (SSSR count). The summed E-state index contributed by atoms with van der Waals surface area (Å²) in [6, 6.07) is 24.6. The Morgan fingerprint density at radius 2 is 1.56 bits per heavy atom. The number of aromatic nitrogens is 2. The van der Waals surface area contributed by atoms with Crippen LogP contribution < -0.4 is 10.2 Å². The van der Waals surface area contributed by atoms with E-state index in [-0.39, 0.29) is 5.43 Å². The van der Waals surface area contributed by atoms with Crippen molar-refractivity contribution >= 4 is 23.1 Å². The number of methoxy groups -OCH3 is 1. The zero-order valence-electron chi connectivity index (χ0n) is 14.9. The van der Waals surface area contributed by atoms with Gasteiger partial charge in [-0.25, -0.2) is 4.68 Å². The van der Waals surface area contributed by atoms with Crippen LogP contribution in [0.25, 0.3) is 28.7 Å². The second kappa shape index (κ2) is 7.30. The van der Waals surface area contributed by atoms with Gasteiger partial charge in [0.15, 0.2) is 0 Å². The molecule has 3 aromatic carbocycles. The molecule has 0 spiro atoms. The van der Waals surface area contributed by atoms with Gasteiger partial charge in [-0.15, -0.1) is 0 Å². The number of hydrogen-bond donors (Lipinski definition) is 0. The zero-order chi connectivity index (χ0) is 18.6. The third-order valence-corrected chi connectivity index (χ3v) is 4.36. The van der Waals surface area contributed by atoms with Crippen molar-refractivity contribution in [1.82, 2.24) is 9.78 Å². The van der Waals surface area contributed by atoms with Gasteiger partial charge in [0.05, 0.1) is 18.5 Å². The average Bonchev–Trinajstić information content (AvgIpc) is 2.98. The van der Waals surface area contributed by atoms with Crippen molar-refractivity contribution in [3.8, 4) is 11.4 Å². The minimum Gasteiger partial charge on any atom is -0.497 e. The third kappa shape index (κ3) is 3.37. The molecule has 0 aliphatic heterocycles. The molecule has 4 aromatic rings. The van der Waals surface area contributed by atoms with E-state index in [0.29, 0.717) is 5.52 Å². The molecule has 0 bridgehead atoms. The molecule has 0 unspecified atom stereocenters. The normalized spacial score (nSPS) is 11.1. The van der Waals surface area contributed by atoms with E-state index in [0.717, 1.165) is 28.1 Å². The van der Waals surface area contributed by atoms with E-state index in [4.69, 9.17) is 9.84 Å². The predicted octanol–water partition coefficient (Wildman–Crippen LogP) is 4.56. The summed E-state index contributed by atoms with van der Waals surface area (Å²) < 4.78 is 6.90. The van der Waals surface area contributed by atoms with E-state index >= 15 is 0 Å². The second-order valence-corrected chi connectivity index (χ2v) is 6.08. The van der Waals surface area contributed by atoms with Crippen molar-refractivity contribution in [1.29, 1.82) is 0 Å². The van der Waals surface area contributed by atoms with E-state index in [9.17, 15) is 4.79 Å². The summed E-state index contributed by atoms with van der Waals surface area (Å²) in [4.78, 5) is 12.6. The van der Waals surface area contributed by atoms with Crippen molar-refractivity contribution in [3.05, 3.63) is 100 Å². The van der Waals surface area contributed by atoms with Crippen LogP contribution in [-0.2, 0) is 0 Å². The molecule has 1 aromatic heterocycles. The lowest BCUT2D eigenvalue weighted by Crippen LogP contribution is -2.04. The number of rotatable bonds is 4. The number of nitrogens with zero attached hydrogens (tertiary/aromatic N) is 2. The lowest BCUT2D eigenvalue weighted by Gasteiger charge is -2.01. The molecule has 0 amide bonds. The van der Waals surface area contributed by atoms with Gasteiger partial charge in [-0.05, 0) is 42.0 Å². The Balaban J connectivity index is 1.86. The molecule has 0 atom stereocenters. The Labute approximate surface area is 157 Å². The van der Waals surface area contributed by atoms with Crippen LogP contribution in [0.1, 0.15) is 11.3 Å². The molecule has 4 heteroatoms. The molecule has 0 saturated carbocycles. The van der Waals surface area contributed by atoms with Crippen LogP contribution in [0, 0.1) is 0 Å². The third-order valence-electron chi connectivity index (χ3n) is 4.36. The van der Waals surface area contributed by atoms with E-state index in [1.165, 1.54) is 0 Å². The molecule has 0 aliphatic rings. The largest absolute Gasteiger partial charge is 0.497 e. The molecule has 27 heavy (non-hydrogen) atoms. The first-order valence-electron chi connectivity index (χ1n) is 8.66. The van der Waals surface area contributed by atoms with Gasteiger partial charge in [0.25, 0.3) is 0 Å². The molecule has 0 saturated heterocycles. The van der Waals surface area contributed by atoms with Crippen LogP contribution in [-0.4, -0.2) is 16.9 Å². The molecular formula is C23H18N2O2. The summed E-state index contributed by atoms with van der Waals surface area (Å²) in [7, 11) is 1.65. The fourth-order valence-electron chi connectivity index (χ4n) is 2.99. The second-order valence-electron chi connectivity index (χ2n) is 6.08. The number of hydrogen-bond acceptors (Lipinski definition) is 3. The Morgan fingerprint density at radius 1 is 0.852 bits per heavy atom. The van der Waals surface area contributed by atoms with Gasteiger partial charge in [0, 0.05) is 5.39 Å². The number of ether oxygens (including phenoxy) is 1. The topological polar surface area (TPSA) is 44.1 Å². The quantitative estimate of drug-likeness (QED) is 0.539. The van der Waals surface area contributed by atoms with Gasteiger partial charge >= 0.3 is 0 Å². The smallest absolute Gasteiger partial charge is 0.204 e. The Hall–Kier alpha value is -3.66. The summed E-state index contributed by atoms with van der Waals surface area (Å²) in [6.07, 6.45) is 3.91. The Bertz CT molecular complexity index is 1160. The number of fused-ring (bicyclic) bond motifs is 1. The first-order chi connectivity index (χ1) is 13.3. The van der Waals surface area contributed by atoms with E-state index in [1.807, 2.05) is 78.9 Å². The van der Waals surface area contributed by atoms with Crippen LogP contribution in [0.15, 0.2) is 83.7 Å². The van der Waals surface area contributed by atoms with Crippen molar-refractivity contribution in [3.63, 3.8) is 0 Å². The maximum atomic E-state index is 12.6. The highest BCUT2D eigenvalue weighted by Gasteiger charge is 2.11. The van der Waals surface area contributed by atoms with E-state index in [2.05, 4.69) is 0 Å². The first-order valence-corrected chi connectivity index (χ1v) is 8.66. The molecule has 0 fully saturated rings. The Kier molecular flexibility index (Phi) is 4.54.